The minimum Gasteiger partial charge on any atom is -0.394 e. The van der Waals surface area contributed by atoms with Crippen molar-refractivity contribution >= 4 is 86.2 Å². The Morgan fingerprint density at radius 2 is 0.806 bits per heavy atom. The number of fused-ring (bicyclic) bond motifs is 3. The highest BCUT2D eigenvalue weighted by Crippen LogP contribution is 2.48. The summed E-state index contributed by atoms with van der Waals surface area (Å²) >= 11 is 1.53. The highest BCUT2D eigenvalue weighted by molar-refractivity contribution is 7.99. The average Bonchev–Trinajstić information content (AvgIpc) is 1.59. The molecule has 6 aliphatic carbocycles. The minimum absolute atomic E-state index is 0.00804. The Hall–Kier alpha value is -7.14. The molecular weight excluding hydrogens is 1460 g/mol. The monoisotopic (exact) mass is 1580 g/mol. The normalized spacial score (nSPS) is 32.0. The van der Waals surface area contributed by atoms with Crippen molar-refractivity contribution in [1.29, 1.82) is 0 Å². The number of aliphatic hydroxyl groups is 9. The predicted molar refractivity (Wildman–Crippen MR) is 398 cm³/mol. The molecule has 6 heterocycles. The highest BCUT2D eigenvalue weighted by Gasteiger charge is 2.49. The van der Waals surface area contributed by atoms with E-state index in [1.807, 2.05) is 0 Å². The van der Waals surface area contributed by atoms with E-state index in [0.717, 1.165) is 18.5 Å². The Labute approximate surface area is 668 Å². The summed E-state index contributed by atoms with van der Waals surface area (Å²) in [4.78, 5) is 26.3. The van der Waals surface area contributed by atoms with Gasteiger partial charge in [-0.2, -0.15) is 0 Å². The highest BCUT2D eigenvalue weighted by atomic mass is 32.2. The number of halogens is 3. The fourth-order valence-corrected chi connectivity index (χ4v) is 14.3. The molecule has 0 amide bonds. The maximum absolute atomic E-state index is 14.6. The first kappa shape index (κ1) is 52.9. The molecule has 12 N–H and O–H groups in total. The van der Waals surface area contributed by atoms with E-state index in [0.29, 0.717) is 54.5 Å². The van der Waals surface area contributed by atoms with Crippen LogP contribution in [-0.4, -0.2) is 251 Å². The van der Waals surface area contributed by atoms with E-state index in [-0.39, 0.29) is 175 Å². The number of aliphatic hydroxyl groups excluding tert-OH is 7. The number of hydrogen-bond acceptors (Lipinski definition) is 30. The fourth-order valence-electron chi connectivity index (χ4n) is 12.9. The van der Waals surface area contributed by atoms with Gasteiger partial charge in [-0.1, -0.05) is 108 Å². The molecule has 108 heavy (non-hydrogen) atoms. The van der Waals surface area contributed by atoms with Crippen molar-refractivity contribution in [3.63, 3.8) is 0 Å². The maximum Gasteiger partial charge on any atom is 0.191 e. The van der Waals surface area contributed by atoms with Gasteiger partial charge in [-0.05, 0) is 111 Å². The Balaban J connectivity index is 0.000000169. The van der Waals surface area contributed by atoms with Crippen LogP contribution in [0.2, 0.25) is 0 Å². The molecule has 15 rings (SSSR count). The van der Waals surface area contributed by atoms with Crippen molar-refractivity contribution in [2.45, 2.75) is 224 Å². The van der Waals surface area contributed by atoms with Crippen LogP contribution in [0.3, 0.4) is 0 Å². The molecule has 6 aliphatic rings. The lowest BCUT2D eigenvalue weighted by Gasteiger charge is -2.17. The van der Waals surface area contributed by atoms with E-state index in [2.05, 4.69) is 76.8 Å². The lowest BCUT2D eigenvalue weighted by Crippen LogP contribution is -2.33. The third kappa shape index (κ3) is 17.5. The topological polar surface area (TPSA) is 415 Å². The molecule has 9 aromatic rings. The van der Waals surface area contributed by atoms with Crippen molar-refractivity contribution in [3.05, 3.63) is 105 Å². The number of nitrogens with zero attached hydrogens (tertiary/aromatic N) is 15. The molecule has 6 saturated carbocycles. The zero-order valence-electron chi connectivity index (χ0n) is 83.3. The molecule has 0 saturated heterocycles. The number of aromatic nitrogens is 15. The molecule has 36 heteroatoms. The largest absolute Gasteiger partial charge is 0.394 e. The van der Waals surface area contributed by atoms with Crippen LogP contribution >= 0.6 is 35.3 Å². The van der Waals surface area contributed by atoms with Crippen molar-refractivity contribution in [1.82, 2.24) is 74.9 Å². The van der Waals surface area contributed by atoms with Gasteiger partial charge in [0.15, 0.2) is 66.4 Å². The second-order valence-electron chi connectivity index (χ2n) is 26.0. The molecule has 1 unspecified atom stereocenters. The Morgan fingerprint density at radius 1 is 0.463 bits per heavy atom. The number of benzene rings is 3. The van der Waals surface area contributed by atoms with E-state index in [1.165, 1.54) is 30.1 Å². The summed E-state index contributed by atoms with van der Waals surface area (Å²) < 4.78 is 263. The zero-order valence-corrected chi connectivity index (χ0v) is 60.7. The fraction of sp³-hybridized carbons (Fsp3) is 0.583. The van der Waals surface area contributed by atoms with Gasteiger partial charge < -0.3 is 76.1 Å². The lowest BCUT2D eigenvalue weighted by atomic mass is 10.1. The number of thioether (sulfide) groups is 3. The van der Waals surface area contributed by atoms with Gasteiger partial charge in [0.1, 0.15) is 54.1 Å². The van der Waals surface area contributed by atoms with Crippen molar-refractivity contribution in [2.24, 2.45) is 0 Å². The molecule has 3 aromatic carbocycles. The number of nitrogens with one attached hydrogen (secondary N) is 3. The van der Waals surface area contributed by atoms with Crippen LogP contribution in [0.25, 0.3) is 33.5 Å². The van der Waals surface area contributed by atoms with E-state index < -0.39 is 201 Å². The summed E-state index contributed by atoms with van der Waals surface area (Å²) in [6.45, 7) is -2.65. The van der Waals surface area contributed by atoms with E-state index in [1.54, 1.807) is 6.92 Å². The third-order valence-electron chi connectivity index (χ3n) is 18.8. The number of anilines is 3. The second-order valence-corrected chi connectivity index (χ2v) is 28.4. The maximum atomic E-state index is 14.6. The first-order valence-electron chi connectivity index (χ1n) is 46.6. The third-order valence-corrected chi connectivity index (χ3v) is 21.0. The molecular formula is C72H93F3N18O12S3. The summed E-state index contributed by atoms with van der Waals surface area (Å²) in [5.74, 6) is -3.94. The molecule has 582 valence electrons. The SMILES string of the molecule is [2H]c1c([2H])c([C@@H]2CC2Nc2nc(SC([2H])([2H])CC)nc3c2nnn3[C@@H]2C[C@H](OC([2H])([2H])C([2H])([2H])O)[C@@H](O)[C@H]2O)c([2H])c(F)c1C.[2H]c1c([2H])c([C@@H]2C[C@H]2Nc2nc(SC([2H])([2H])C([2H])([2H])C)nc3c2nnn3[C@@H]2C[C@H](OCC([2H])([2H])O)[C@@H](O)[C@H]2O)c([2H])c(F)c1C.[2H]c1c([2H])c([C@@H]2C[C@H]2Nc2nc(SC([2H])([2H])C([2H])([2H])C)nc3c2nnn3[C@@H]2C[C@H](OCCO)[C@@H](O)[C@H]2O)c([2H])c(F)c1C. The van der Waals surface area contributed by atoms with Gasteiger partial charge in [0.05, 0.1) is 96.5 Å². The van der Waals surface area contributed by atoms with Crippen LogP contribution in [0.1, 0.15) is 182 Å². The van der Waals surface area contributed by atoms with Crippen LogP contribution in [0.5, 0.6) is 0 Å². The van der Waals surface area contributed by atoms with Gasteiger partial charge in [0.25, 0.3) is 0 Å². The van der Waals surface area contributed by atoms with Crippen LogP contribution in [0.4, 0.5) is 30.6 Å². The van der Waals surface area contributed by atoms with Gasteiger partial charge in [-0.25, -0.2) is 57.1 Å². The molecule has 0 bridgehead atoms. The predicted octanol–water partition coefficient (Wildman–Crippen LogP) is 6.55. The van der Waals surface area contributed by atoms with Crippen LogP contribution in [0, 0.1) is 38.2 Å². The van der Waals surface area contributed by atoms with Gasteiger partial charge >= 0.3 is 0 Å². The average molecular weight is 1580 g/mol. The van der Waals surface area contributed by atoms with Crippen molar-refractivity contribution in [2.75, 3.05) is 72.6 Å². The van der Waals surface area contributed by atoms with Gasteiger partial charge in [0, 0.05) is 86.0 Å². The second kappa shape index (κ2) is 35.1. The van der Waals surface area contributed by atoms with Gasteiger partial charge in [0.2, 0.25) is 0 Å². The quantitative estimate of drug-likeness (QED) is 0.0168. The van der Waals surface area contributed by atoms with Crippen LogP contribution < -0.4 is 16.0 Å². The summed E-state index contributed by atoms with van der Waals surface area (Å²) in [6.07, 6.45) is -16.1. The van der Waals surface area contributed by atoms with Crippen LogP contribution in [0.15, 0.2) is 69.9 Å². The Bertz CT molecular complexity index is 5820. The summed E-state index contributed by atoms with van der Waals surface area (Å²) in [5, 5.41) is 126. The first-order chi connectivity index (χ1) is 61.6. The van der Waals surface area contributed by atoms with Gasteiger partial charge in [-0.15, -0.1) is 15.3 Å². The number of ether oxygens (including phenoxy) is 3. The molecule has 6 fully saturated rings. The molecule has 30 nitrogen and oxygen atoms in total. The van der Waals surface area contributed by atoms with Crippen molar-refractivity contribution < 1.29 is 108 Å². The number of rotatable bonds is 30. The summed E-state index contributed by atoms with van der Waals surface area (Å²) in [5.41, 5.74) is -6.51. The first-order valence-corrected chi connectivity index (χ1v) is 36.6. The molecule has 18 atom stereocenters. The summed E-state index contributed by atoms with van der Waals surface area (Å²) in [7, 11) is 0. The van der Waals surface area contributed by atoms with E-state index in [4.69, 9.17) is 53.6 Å². The minimum atomic E-state index is -3.41. The van der Waals surface area contributed by atoms with Gasteiger partial charge in [-0.3, -0.25) is 0 Å². The standard InChI is InChI=1S/3C24H31FN6O4S/c3*1-3-8-36-24-27-22(26-16-10-14(16)13-5-4-12(2)15(25)9-13)19-23(28-24)31(30-29-19)17-11-18(35-7-6-32)21(34)20(17)33/h3*4-5,9,14,16-18,20-21,32-34H,3,6-8,10-11H2,1-2H3,(H,26,27,28)/t14-,16?,17+,18-,20-,21+;2*14-,16+,17+,18-,20-,21+/m000/s1/i4D,5D,6D2,7D2,8D2,9D;3D2,4D,5D,6D2,8D2,9D;3D2,4D,5D,8D2,9D. The van der Waals surface area contributed by atoms with Crippen LogP contribution in [-0.2, 0) is 14.2 Å². The Morgan fingerprint density at radius 3 is 1.13 bits per heavy atom. The van der Waals surface area contributed by atoms with E-state index >= 15 is 0 Å². The summed E-state index contributed by atoms with van der Waals surface area (Å²) in [6, 6.07) is -7.46. The number of hydrogen-bond donors (Lipinski definition) is 12. The zero-order chi connectivity index (χ0) is 98.4. The molecule has 0 aliphatic heterocycles. The molecule has 6 aromatic heterocycles. The Kier molecular flexibility index (Phi) is 17.2. The molecule has 0 radical (unpaired) electrons. The van der Waals surface area contributed by atoms with Crippen molar-refractivity contribution in [3.8, 4) is 0 Å². The smallest absolute Gasteiger partial charge is 0.191 e. The lowest BCUT2D eigenvalue weighted by molar-refractivity contribution is -0.0629. The molecule has 0 spiro atoms. The van der Waals surface area contributed by atoms with E-state index in [9.17, 15) is 54.0 Å².